The molecule has 0 saturated carbocycles. The first-order valence-electron chi connectivity index (χ1n) is 11.5. The number of aromatic nitrogens is 6. The van der Waals surface area contributed by atoms with Crippen LogP contribution in [0.15, 0.2) is 35.4 Å². The fourth-order valence-electron chi connectivity index (χ4n) is 4.56. The Bertz CT molecular complexity index is 1500. The van der Waals surface area contributed by atoms with Gasteiger partial charge in [0.25, 0.3) is 5.56 Å². The quantitative estimate of drug-likeness (QED) is 0.404. The third kappa shape index (κ3) is 4.33. The SMILES string of the molecule is Cc1nc2c(-c3ccc(Cl)cc3F)nc(N3CCN(CCF)[C@@H](c4cnn(C)c4)C3)nc2c(=O)n1C. The highest BCUT2D eigenvalue weighted by Crippen LogP contribution is 2.32. The first kappa shape index (κ1) is 24.3. The van der Waals surface area contributed by atoms with Crippen LogP contribution in [0.2, 0.25) is 5.02 Å². The Kier molecular flexibility index (Phi) is 6.44. The first-order chi connectivity index (χ1) is 17.3. The molecule has 4 aromatic rings. The van der Waals surface area contributed by atoms with Crippen molar-refractivity contribution >= 4 is 28.6 Å². The molecule has 1 aromatic carbocycles. The number of aryl methyl sites for hydroxylation is 2. The van der Waals surface area contributed by atoms with Crippen molar-refractivity contribution in [2.45, 2.75) is 13.0 Å². The van der Waals surface area contributed by atoms with Gasteiger partial charge in [0, 0.05) is 62.6 Å². The number of hydrogen-bond donors (Lipinski definition) is 0. The van der Waals surface area contributed by atoms with E-state index < -0.39 is 12.5 Å². The standard InChI is InChI=1S/C24H25ClF2N8O/c1-14-29-21-20(17-5-4-16(25)10-18(17)27)30-24(31-22(21)23(36)33(14)3)35-9-8-34(7-6-26)19(13-35)15-11-28-32(2)12-15/h4-5,10-12,19H,6-9,13H2,1-3H3/t19-/m1/s1. The molecule has 1 fully saturated rings. The van der Waals surface area contributed by atoms with Crippen LogP contribution < -0.4 is 10.5 Å². The number of alkyl halides is 1. The van der Waals surface area contributed by atoms with E-state index in [1.54, 1.807) is 30.9 Å². The van der Waals surface area contributed by atoms with Crippen LogP contribution in [0.5, 0.6) is 0 Å². The molecule has 3 aromatic heterocycles. The van der Waals surface area contributed by atoms with Gasteiger partial charge in [0.1, 0.15) is 29.5 Å². The summed E-state index contributed by atoms with van der Waals surface area (Å²) in [6, 6.07) is 4.13. The maximum atomic E-state index is 15.0. The monoisotopic (exact) mass is 514 g/mol. The van der Waals surface area contributed by atoms with Crippen molar-refractivity contribution in [2.24, 2.45) is 14.1 Å². The summed E-state index contributed by atoms with van der Waals surface area (Å²) in [4.78, 5) is 31.0. The van der Waals surface area contributed by atoms with Gasteiger partial charge in [-0.1, -0.05) is 11.6 Å². The van der Waals surface area contributed by atoms with Crippen molar-refractivity contribution in [3.8, 4) is 11.3 Å². The topological polar surface area (TPSA) is 85.0 Å². The fourth-order valence-corrected chi connectivity index (χ4v) is 4.72. The van der Waals surface area contributed by atoms with E-state index in [-0.39, 0.29) is 51.4 Å². The van der Waals surface area contributed by atoms with Gasteiger partial charge >= 0.3 is 0 Å². The van der Waals surface area contributed by atoms with Crippen LogP contribution in [0, 0.1) is 12.7 Å². The Morgan fingerprint density at radius 3 is 2.64 bits per heavy atom. The normalized spacial score (nSPS) is 16.7. The largest absolute Gasteiger partial charge is 0.338 e. The molecule has 5 rings (SSSR count). The summed E-state index contributed by atoms with van der Waals surface area (Å²) in [5, 5.41) is 4.52. The Morgan fingerprint density at radius 2 is 1.94 bits per heavy atom. The number of piperazine rings is 1. The molecule has 1 aliphatic heterocycles. The average Bonchev–Trinajstić information content (AvgIpc) is 3.29. The van der Waals surface area contributed by atoms with Crippen LogP contribution >= 0.6 is 11.6 Å². The van der Waals surface area contributed by atoms with Crippen LogP contribution in [0.4, 0.5) is 14.7 Å². The number of fused-ring (bicyclic) bond motifs is 1. The number of hydrogen-bond acceptors (Lipinski definition) is 7. The lowest BCUT2D eigenvalue weighted by Gasteiger charge is -2.40. The Labute approximate surface area is 211 Å². The minimum absolute atomic E-state index is 0.0987. The summed E-state index contributed by atoms with van der Waals surface area (Å²) in [7, 11) is 3.44. The van der Waals surface area contributed by atoms with Crippen molar-refractivity contribution in [1.82, 2.24) is 34.2 Å². The molecular weight excluding hydrogens is 490 g/mol. The Hall–Kier alpha value is -3.44. The molecule has 0 amide bonds. The number of nitrogens with zero attached hydrogens (tertiary/aromatic N) is 8. The maximum absolute atomic E-state index is 15.0. The Balaban J connectivity index is 1.66. The second kappa shape index (κ2) is 9.55. The molecule has 1 aliphatic rings. The zero-order chi connectivity index (χ0) is 25.6. The van der Waals surface area contributed by atoms with Crippen LogP contribution in [0.1, 0.15) is 17.4 Å². The molecule has 0 N–H and O–H groups in total. The molecular formula is C24H25ClF2N8O. The highest BCUT2D eigenvalue weighted by molar-refractivity contribution is 6.30. The van der Waals surface area contributed by atoms with Gasteiger partial charge in [0.05, 0.1) is 12.2 Å². The molecule has 12 heteroatoms. The van der Waals surface area contributed by atoms with Crippen LogP contribution in [0.3, 0.4) is 0 Å². The van der Waals surface area contributed by atoms with E-state index in [1.165, 1.54) is 16.7 Å². The predicted octanol–water partition coefficient (Wildman–Crippen LogP) is 3.06. The average molecular weight is 515 g/mol. The van der Waals surface area contributed by atoms with E-state index in [4.69, 9.17) is 16.6 Å². The van der Waals surface area contributed by atoms with Gasteiger partial charge in [-0.3, -0.25) is 18.9 Å². The minimum atomic E-state index is -0.574. The summed E-state index contributed by atoms with van der Waals surface area (Å²) in [6.45, 7) is 3.02. The van der Waals surface area contributed by atoms with Crippen LogP contribution in [0.25, 0.3) is 22.3 Å². The molecule has 0 radical (unpaired) electrons. The summed E-state index contributed by atoms with van der Waals surface area (Å²) < 4.78 is 31.4. The second-order valence-corrected chi connectivity index (χ2v) is 9.29. The predicted molar refractivity (Wildman–Crippen MR) is 133 cm³/mol. The van der Waals surface area contributed by atoms with Gasteiger partial charge in [-0.15, -0.1) is 0 Å². The van der Waals surface area contributed by atoms with Gasteiger partial charge in [0.2, 0.25) is 5.95 Å². The Morgan fingerprint density at radius 1 is 1.14 bits per heavy atom. The number of anilines is 1. The van der Waals surface area contributed by atoms with E-state index in [2.05, 4.69) is 20.0 Å². The van der Waals surface area contributed by atoms with Crippen LogP contribution in [-0.2, 0) is 14.1 Å². The highest BCUT2D eigenvalue weighted by Gasteiger charge is 2.31. The number of rotatable bonds is 5. The van der Waals surface area contributed by atoms with Gasteiger partial charge in [-0.25, -0.2) is 23.7 Å². The van der Waals surface area contributed by atoms with E-state index in [1.807, 2.05) is 18.1 Å². The van der Waals surface area contributed by atoms with Crippen molar-refractivity contribution in [2.75, 3.05) is 37.8 Å². The first-order valence-corrected chi connectivity index (χ1v) is 11.9. The highest BCUT2D eigenvalue weighted by atomic mass is 35.5. The van der Waals surface area contributed by atoms with Crippen molar-refractivity contribution < 1.29 is 8.78 Å². The zero-order valence-corrected chi connectivity index (χ0v) is 20.9. The minimum Gasteiger partial charge on any atom is -0.338 e. The van der Waals surface area contributed by atoms with E-state index in [0.717, 1.165) is 5.56 Å². The fraction of sp³-hybridized carbons (Fsp3) is 0.375. The molecule has 0 bridgehead atoms. The molecule has 188 valence electrons. The van der Waals surface area contributed by atoms with E-state index in [0.29, 0.717) is 25.5 Å². The molecule has 1 atom stereocenters. The van der Waals surface area contributed by atoms with Gasteiger partial charge < -0.3 is 4.90 Å². The second-order valence-electron chi connectivity index (χ2n) is 8.85. The molecule has 4 heterocycles. The van der Waals surface area contributed by atoms with Crippen molar-refractivity contribution in [1.29, 1.82) is 0 Å². The third-order valence-electron chi connectivity index (χ3n) is 6.58. The summed E-state index contributed by atoms with van der Waals surface area (Å²) in [6.07, 6.45) is 3.66. The number of halogens is 3. The molecule has 1 saturated heterocycles. The van der Waals surface area contributed by atoms with Crippen LogP contribution in [-0.4, -0.2) is 67.1 Å². The molecule has 36 heavy (non-hydrogen) atoms. The summed E-state index contributed by atoms with van der Waals surface area (Å²) >= 11 is 5.97. The molecule has 0 unspecified atom stereocenters. The third-order valence-corrected chi connectivity index (χ3v) is 6.82. The maximum Gasteiger partial charge on any atom is 0.279 e. The van der Waals surface area contributed by atoms with Gasteiger partial charge in [0.15, 0.2) is 5.52 Å². The lowest BCUT2D eigenvalue weighted by molar-refractivity contribution is 0.163. The lowest BCUT2D eigenvalue weighted by Crippen LogP contribution is -2.49. The smallest absolute Gasteiger partial charge is 0.279 e. The summed E-state index contributed by atoms with van der Waals surface area (Å²) in [5.74, 6) is 0.161. The molecule has 0 spiro atoms. The lowest BCUT2D eigenvalue weighted by atomic mass is 10.1. The van der Waals surface area contributed by atoms with E-state index in [9.17, 15) is 9.18 Å². The van der Waals surface area contributed by atoms with E-state index >= 15 is 4.39 Å². The van der Waals surface area contributed by atoms with Crippen molar-refractivity contribution in [3.05, 3.63) is 63.2 Å². The summed E-state index contributed by atoms with van der Waals surface area (Å²) in [5.41, 5.74) is 1.30. The molecule has 9 nitrogen and oxygen atoms in total. The number of benzene rings is 1. The van der Waals surface area contributed by atoms with Gasteiger partial charge in [-0.05, 0) is 25.1 Å². The van der Waals surface area contributed by atoms with Crippen molar-refractivity contribution in [3.63, 3.8) is 0 Å². The zero-order valence-electron chi connectivity index (χ0n) is 20.1. The van der Waals surface area contributed by atoms with Gasteiger partial charge in [-0.2, -0.15) is 5.10 Å². The molecule has 0 aliphatic carbocycles.